The van der Waals surface area contributed by atoms with Gasteiger partial charge in [0.25, 0.3) is 0 Å². The van der Waals surface area contributed by atoms with Crippen molar-refractivity contribution in [2.75, 3.05) is 0 Å². The largest absolute Gasteiger partial charge is 0.255 e. The zero-order chi connectivity index (χ0) is 18.8. The fourth-order valence-electron chi connectivity index (χ4n) is 3.89. The van der Waals surface area contributed by atoms with Crippen LogP contribution in [-0.2, 0) is 32.9 Å². The molecule has 0 atom stereocenters. The normalized spacial score (nSPS) is 11.3. The van der Waals surface area contributed by atoms with Gasteiger partial charge in [-0.3, -0.25) is 4.98 Å². The number of pyridine rings is 1. The summed E-state index contributed by atoms with van der Waals surface area (Å²) >= 11 is 0. The maximum absolute atomic E-state index is 4.90. The Labute approximate surface area is 178 Å². The summed E-state index contributed by atoms with van der Waals surface area (Å²) in [6.07, 6.45) is 4.30. The van der Waals surface area contributed by atoms with Gasteiger partial charge in [0.05, 0.1) is 5.69 Å². The molecule has 0 aliphatic rings. The van der Waals surface area contributed by atoms with Gasteiger partial charge in [-0.2, -0.15) is 0 Å². The van der Waals surface area contributed by atoms with Crippen molar-refractivity contribution in [1.29, 1.82) is 0 Å². The fourth-order valence-corrected chi connectivity index (χ4v) is 3.89. The molecule has 0 amide bonds. The Morgan fingerprint density at radius 1 is 0.778 bits per heavy atom. The number of hydrogen-bond acceptors (Lipinski definition) is 1. The molecule has 3 aromatic rings. The molecule has 0 saturated carbocycles. The van der Waals surface area contributed by atoms with Gasteiger partial charge in [-0.05, 0) is 67.2 Å². The van der Waals surface area contributed by atoms with Gasteiger partial charge in [0.15, 0.2) is 0 Å². The van der Waals surface area contributed by atoms with Crippen LogP contribution < -0.4 is 0 Å². The first-order valence-corrected chi connectivity index (χ1v) is 9.82. The molecule has 1 nitrogen and oxygen atoms in total. The quantitative estimate of drug-likeness (QED) is 0.345. The van der Waals surface area contributed by atoms with E-state index in [1.54, 1.807) is 0 Å². The Morgan fingerprint density at radius 3 is 2.00 bits per heavy atom. The Kier molecular flexibility index (Phi) is 7.37. The Morgan fingerprint density at radius 2 is 1.41 bits per heavy atom. The van der Waals surface area contributed by atoms with Crippen LogP contribution in [0.4, 0.5) is 0 Å². The molecule has 0 saturated heterocycles. The summed E-state index contributed by atoms with van der Waals surface area (Å²) in [6.45, 7) is 13.4. The standard InChI is InChI=1S/C25H31N.Ir/c1-16(2)9-20-7-8-23-24(14-20)22(10-17(3)4)15-26-25(23)21-12-18(5)11-19(6)13-21;/h7-8,11-17H,9-10H2,1-6H3;. The van der Waals surface area contributed by atoms with Gasteiger partial charge in [-0.25, -0.2) is 0 Å². The van der Waals surface area contributed by atoms with Crippen molar-refractivity contribution in [3.05, 3.63) is 64.8 Å². The molecule has 0 spiro atoms. The summed E-state index contributed by atoms with van der Waals surface area (Å²) in [5, 5.41) is 2.65. The molecule has 0 fully saturated rings. The summed E-state index contributed by atoms with van der Waals surface area (Å²) in [5.74, 6) is 1.29. The van der Waals surface area contributed by atoms with E-state index in [-0.39, 0.29) is 20.1 Å². The number of benzene rings is 2. The molecule has 1 radical (unpaired) electrons. The average Bonchev–Trinajstić information content (AvgIpc) is 2.53. The minimum atomic E-state index is 0. The van der Waals surface area contributed by atoms with Gasteiger partial charge in [-0.1, -0.05) is 63.1 Å². The topological polar surface area (TPSA) is 12.9 Å². The number of aromatic nitrogens is 1. The number of rotatable bonds is 5. The third-order valence-corrected chi connectivity index (χ3v) is 4.80. The first kappa shape index (κ1) is 21.8. The molecule has 27 heavy (non-hydrogen) atoms. The molecule has 1 heterocycles. The van der Waals surface area contributed by atoms with Crippen LogP contribution in [0.15, 0.2) is 42.6 Å². The van der Waals surface area contributed by atoms with Gasteiger partial charge in [0.2, 0.25) is 0 Å². The van der Waals surface area contributed by atoms with Gasteiger partial charge in [0, 0.05) is 37.3 Å². The smallest absolute Gasteiger partial charge is 0.0780 e. The third kappa shape index (κ3) is 5.27. The molecule has 2 aromatic carbocycles. The Hall–Kier alpha value is -1.50. The van der Waals surface area contributed by atoms with E-state index in [0.29, 0.717) is 11.8 Å². The number of nitrogens with zero attached hydrogens (tertiary/aromatic N) is 1. The van der Waals surface area contributed by atoms with E-state index in [1.165, 1.54) is 38.6 Å². The summed E-state index contributed by atoms with van der Waals surface area (Å²) in [5.41, 5.74) is 7.70. The van der Waals surface area contributed by atoms with Crippen LogP contribution in [0.2, 0.25) is 0 Å². The minimum absolute atomic E-state index is 0. The molecule has 145 valence electrons. The van der Waals surface area contributed by atoms with Gasteiger partial charge in [0.1, 0.15) is 0 Å². The van der Waals surface area contributed by atoms with Crippen LogP contribution in [0.1, 0.15) is 49.9 Å². The monoisotopic (exact) mass is 538 g/mol. The fraction of sp³-hybridized carbons (Fsp3) is 0.400. The van der Waals surface area contributed by atoms with Crippen molar-refractivity contribution < 1.29 is 20.1 Å². The molecule has 3 rings (SSSR count). The molecule has 1 aromatic heterocycles. The van der Waals surface area contributed by atoms with Gasteiger partial charge in [-0.15, -0.1) is 0 Å². The van der Waals surface area contributed by atoms with Crippen molar-refractivity contribution in [3.8, 4) is 11.3 Å². The minimum Gasteiger partial charge on any atom is -0.255 e. The molecule has 0 bridgehead atoms. The summed E-state index contributed by atoms with van der Waals surface area (Å²) in [4.78, 5) is 4.90. The van der Waals surface area contributed by atoms with E-state index >= 15 is 0 Å². The van der Waals surface area contributed by atoms with Crippen LogP contribution in [0.25, 0.3) is 22.0 Å². The van der Waals surface area contributed by atoms with E-state index in [0.717, 1.165) is 18.5 Å². The summed E-state index contributed by atoms with van der Waals surface area (Å²) in [7, 11) is 0. The Bertz CT molecular complexity index is 905. The van der Waals surface area contributed by atoms with Crippen LogP contribution in [-0.4, -0.2) is 4.98 Å². The molecule has 0 unspecified atom stereocenters. The third-order valence-electron chi connectivity index (χ3n) is 4.80. The molecular formula is C25H31IrN. The van der Waals surface area contributed by atoms with E-state index in [2.05, 4.69) is 84.1 Å². The van der Waals surface area contributed by atoms with E-state index in [9.17, 15) is 0 Å². The predicted molar refractivity (Wildman–Crippen MR) is 114 cm³/mol. The van der Waals surface area contributed by atoms with Crippen LogP contribution in [0.3, 0.4) is 0 Å². The second-order valence-electron chi connectivity index (χ2n) is 8.58. The maximum atomic E-state index is 4.90. The van der Waals surface area contributed by atoms with Gasteiger partial charge >= 0.3 is 0 Å². The second-order valence-corrected chi connectivity index (χ2v) is 8.58. The van der Waals surface area contributed by atoms with Crippen LogP contribution >= 0.6 is 0 Å². The number of hydrogen-bond donors (Lipinski definition) is 0. The summed E-state index contributed by atoms with van der Waals surface area (Å²) in [6, 6.07) is 13.7. The zero-order valence-corrected chi connectivity index (χ0v) is 19.8. The van der Waals surface area contributed by atoms with Gasteiger partial charge < -0.3 is 0 Å². The van der Waals surface area contributed by atoms with Crippen LogP contribution in [0.5, 0.6) is 0 Å². The summed E-state index contributed by atoms with van der Waals surface area (Å²) < 4.78 is 0. The first-order chi connectivity index (χ1) is 12.3. The number of fused-ring (bicyclic) bond motifs is 1. The van der Waals surface area contributed by atoms with Crippen molar-refractivity contribution in [2.45, 2.75) is 54.4 Å². The molecule has 2 heteroatoms. The molecule has 0 aliphatic heterocycles. The van der Waals surface area contributed by atoms with E-state index in [4.69, 9.17) is 4.98 Å². The van der Waals surface area contributed by atoms with Crippen molar-refractivity contribution in [1.82, 2.24) is 4.98 Å². The van der Waals surface area contributed by atoms with Crippen molar-refractivity contribution in [3.63, 3.8) is 0 Å². The zero-order valence-electron chi connectivity index (χ0n) is 17.4. The van der Waals surface area contributed by atoms with Crippen molar-refractivity contribution >= 4 is 10.8 Å². The molecule has 0 aliphatic carbocycles. The van der Waals surface area contributed by atoms with Crippen molar-refractivity contribution in [2.24, 2.45) is 11.8 Å². The maximum Gasteiger partial charge on any atom is 0.0780 e. The second kappa shape index (κ2) is 9.13. The Balaban J connectivity index is 0.00000261. The number of aryl methyl sites for hydroxylation is 2. The molecule has 0 N–H and O–H groups in total. The average molecular weight is 538 g/mol. The van der Waals surface area contributed by atoms with E-state index in [1.807, 2.05) is 0 Å². The first-order valence-electron chi connectivity index (χ1n) is 9.82. The molecular weight excluding hydrogens is 506 g/mol. The van der Waals surface area contributed by atoms with Crippen LogP contribution in [0, 0.1) is 25.7 Å². The predicted octanol–water partition coefficient (Wildman–Crippen LogP) is 6.91. The van der Waals surface area contributed by atoms with E-state index < -0.39 is 0 Å². The SMILES string of the molecule is Cc1cc(C)cc(-c2ncc(CC(C)C)c3cc(CC(C)C)ccc23)c1.[Ir].